The van der Waals surface area contributed by atoms with Crippen LogP contribution in [0, 0.1) is 29.1 Å². The zero-order chi connectivity index (χ0) is 43.4. The van der Waals surface area contributed by atoms with Crippen LogP contribution >= 0.6 is 0 Å². The zero-order valence-corrected chi connectivity index (χ0v) is 37.2. The van der Waals surface area contributed by atoms with E-state index in [9.17, 15) is 19.8 Å². The van der Waals surface area contributed by atoms with Crippen LogP contribution in [0.2, 0.25) is 0 Å². The van der Waals surface area contributed by atoms with Gasteiger partial charge in [0.15, 0.2) is 0 Å². The molecule has 2 bridgehead atoms. The van der Waals surface area contributed by atoms with Crippen LogP contribution in [0.3, 0.4) is 0 Å². The van der Waals surface area contributed by atoms with E-state index in [4.69, 9.17) is 15.3 Å². The number of nitrogens with one attached hydrogen (secondary N) is 2. The Morgan fingerprint density at radius 2 is 1.80 bits per heavy atom. The van der Waals surface area contributed by atoms with Gasteiger partial charge in [0.2, 0.25) is 5.91 Å². The van der Waals surface area contributed by atoms with Crippen molar-refractivity contribution in [2.45, 2.75) is 103 Å². The van der Waals surface area contributed by atoms with Crippen molar-refractivity contribution in [2.75, 3.05) is 58.4 Å². The van der Waals surface area contributed by atoms with Gasteiger partial charge in [0.05, 0.1) is 32.5 Å². The van der Waals surface area contributed by atoms with E-state index in [1.165, 1.54) is 31.2 Å². The predicted octanol–water partition coefficient (Wildman–Crippen LogP) is 5.24. The maximum atomic E-state index is 14.4. The molecule has 12 heteroatoms. The topological polar surface area (TPSA) is 153 Å². The molecule has 8 rings (SSSR count). The summed E-state index contributed by atoms with van der Waals surface area (Å²) in [6.07, 6.45) is 5.05. The number of para-hydroxylation sites is 1. The Morgan fingerprint density at radius 1 is 1.05 bits per heavy atom. The fourth-order valence-electron chi connectivity index (χ4n) is 11.1. The van der Waals surface area contributed by atoms with Crippen LogP contribution < -0.4 is 26.0 Å². The summed E-state index contributed by atoms with van der Waals surface area (Å²) in [7, 11) is 3.53. The van der Waals surface area contributed by atoms with Crippen LogP contribution in [-0.2, 0) is 22.6 Å². The Labute approximate surface area is 363 Å². The zero-order valence-electron chi connectivity index (χ0n) is 37.2. The summed E-state index contributed by atoms with van der Waals surface area (Å²) in [4.78, 5) is 39.7. The van der Waals surface area contributed by atoms with Crippen molar-refractivity contribution in [1.29, 1.82) is 0 Å². The highest BCUT2D eigenvalue weighted by molar-refractivity contribution is 5.97. The standard InChI is InChI=1S/C49H70N6O6/c1-31-41-26-37(49(41,3)4)27-42(31)52-48(59)45-44(32(2)57)43(28-50)61-55(45)29-34-16-13-17-40(46(34)60-6)35-23-36(25-39(24-35)53(5)20-21-56)47(58)51-38(22-33-14-9-7-10-15-33)30-54-18-11-8-12-19-54/h7,9-10,13-17,23-25,31-32,37-38,41-45,56-57H,8,11-12,18-22,26-30,50H2,1-6H3,(H,51,58)(H,52,59)/t31-,32-,37+,38?,41?,42-,43-,44+,45-/m0/s1. The Bertz CT molecular complexity index is 1950. The van der Waals surface area contributed by atoms with Crippen molar-refractivity contribution in [3.05, 3.63) is 83.4 Å². The van der Waals surface area contributed by atoms with Gasteiger partial charge in [-0.25, -0.2) is 0 Å². The number of piperidine rings is 1. The predicted molar refractivity (Wildman–Crippen MR) is 240 cm³/mol. The third-order valence-corrected chi connectivity index (χ3v) is 14.7. The number of likely N-dealkylation sites (tertiary alicyclic amines) is 1. The van der Waals surface area contributed by atoms with Gasteiger partial charge in [-0.2, -0.15) is 5.06 Å². The highest BCUT2D eigenvalue weighted by Crippen LogP contribution is 2.61. The van der Waals surface area contributed by atoms with Gasteiger partial charge in [0.25, 0.3) is 5.91 Å². The Morgan fingerprint density at radius 3 is 2.46 bits per heavy atom. The number of hydrogen-bond acceptors (Lipinski definition) is 10. The van der Waals surface area contributed by atoms with Crippen LogP contribution in [0.5, 0.6) is 5.75 Å². The maximum absolute atomic E-state index is 14.4. The number of carbonyl (C=O) groups excluding carboxylic acids is 2. The number of ether oxygens (including phenoxy) is 1. The van der Waals surface area contributed by atoms with E-state index < -0.39 is 24.2 Å². The number of amides is 2. The molecule has 2 aliphatic heterocycles. The van der Waals surface area contributed by atoms with E-state index in [0.717, 1.165) is 48.4 Å². The number of aliphatic hydroxyl groups excluding tert-OH is 2. The average molecular weight is 839 g/mol. The lowest BCUT2D eigenvalue weighted by Crippen LogP contribution is -2.62. The number of nitrogens with zero attached hydrogens (tertiary/aromatic N) is 3. The van der Waals surface area contributed by atoms with Crippen LogP contribution in [0.4, 0.5) is 5.69 Å². The van der Waals surface area contributed by atoms with Gasteiger partial charge in [0, 0.05) is 67.1 Å². The number of nitrogens with two attached hydrogens (primary N) is 1. The first-order valence-electron chi connectivity index (χ1n) is 22.6. The summed E-state index contributed by atoms with van der Waals surface area (Å²) in [6, 6.07) is 21.2. The largest absolute Gasteiger partial charge is 0.496 e. The number of likely N-dealkylation sites (N-methyl/N-ethyl adjacent to an activating group) is 1. The number of benzene rings is 3. The lowest BCUT2D eigenvalue weighted by molar-refractivity contribution is -0.175. The van der Waals surface area contributed by atoms with E-state index in [1.54, 1.807) is 19.1 Å². The van der Waals surface area contributed by atoms with Crippen molar-refractivity contribution in [3.63, 3.8) is 0 Å². The molecule has 2 heterocycles. The van der Waals surface area contributed by atoms with Crippen molar-refractivity contribution < 1.29 is 29.4 Å². The third-order valence-electron chi connectivity index (χ3n) is 14.7. The maximum Gasteiger partial charge on any atom is 0.251 e. The summed E-state index contributed by atoms with van der Waals surface area (Å²) in [5.41, 5.74) is 11.3. The molecule has 0 radical (unpaired) electrons. The molecule has 3 aliphatic carbocycles. The summed E-state index contributed by atoms with van der Waals surface area (Å²) in [6.45, 7) is 12.2. The second-order valence-corrected chi connectivity index (χ2v) is 18.9. The SMILES string of the molecule is COc1c(CN2O[C@@H](CN)[C@@H]([C@H](C)O)[C@H]2C(=O)N[C@H]2C[C@H]3CC([C@@H]2C)C3(C)C)cccc1-c1cc(C(=O)NC(Cc2ccccc2)CN2CCCCC2)cc(N(C)CCO)c1. The average Bonchev–Trinajstić information content (AvgIpc) is 3.63. The van der Waals surface area contributed by atoms with Gasteiger partial charge < -0.3 is 41.1 Å². The molecule has 5 aliphatic rings. The van der Waals surface area contributed by atoms with Crippen molar-refractivity contribution >= 4 is 17.5 Å². The number of rotatable bonds is 17. The molecule has 5 fully saturated rings. The van der Waals surface area contributed by atoms with Crippen molar-refractivity contribution in [2.24, 2.45) is 34.8 Å². The van der Waals surface area contributed by atoms with E-state index in [0.29, 0.717) is 42.0 Å². The van der Waals surface area contributed by atoms with Gasteiger partial charge in [-0.1, -0.05) is 75.7 Å². The van der Waals surface area contributed by atoms with Crippen LogP contribution in [-0.4, -0.2) is 116 Å². The molecular weight excluding hydrogens is 769 g/mol. The quantitative estimate of drug-likeness (QED) is 0.122. The lowest BCUT2D eigenvalue weighted by atomic mass is 9.45. The van der Waals surface area contributed by atoms with E-state index in [1.807, 2.05) is 66.5 Å². The first-order valence-corrected chi connectivity index (χ1v) is 22.6. The summed E-state index contributed by atoms with van der Waals surface area (Å²) in [5.74, 6) is 1.20. The first kappa shape index (κ1) is 45.0. The molecule has 332 valence electrons. The molecule has 0 spiro atoms. The van der Waals surface area contributed by atoms with Crippen LogP contribution in [0.1, 0.15) is 81.3 Å². The highest BCUT2D eigenvalue weighted by atomic mass is 16.7. The molecule has 2 unspecified atom stereocenters. The minimum atomic E-state index is -0.839. The van der Waals surface area contributed by atoms with Gasteiger partial charge in [-0.3, -0.25) is 14.4 Å². The minimum absolute atomic E-state index is 0.0450. The fraction of sp³-hybridized carbons (Fsp3) is 0.592. The molecule has 3 saturated carbocycles. The van der Waals surface area contributed by atoms with Crippen molar-refractivity contribution in [1.82, 2.24) is 20.6 Å². The smallest absolute Gasteiger partial charge is 0.251 e. The monoisotopic (exact) mass is 839 g/mol. The Hall–Kier alpha value is -4.04. The molecule has 12 nitrogen and oxygen atoms in total. The normalized spacial score (nSPS) is 27.1. The molecule has 3 aromatic rings. The summed E-state index contributed by atoms with van der Waals surface area (Å²) < 4.78 is 6.18. The highest BCUT2D eigenvalue weighted by Gasteiger charge is 2.57. The number of carbonyl (C=O) groups is 2. The molecule has 2 amide bonds. The second-order valence-electron chi connectivity index (χ2n) is 18.9. The number of anilines is 1. The van der Waals surface area contributed by atoms with E-state index in [2.05, 4.69) is 48.4 Å². The van der Waals surface area contributed by atoms with Gasteiger partial charge in [-0.05, 0) is 105 Å². The minimum Gasteiger partial charge on any atom is -0.496 e. The number of hydrogen-bond donors (Lipinski definition) is 5. The molecule has 2 saturated heterocycles. The van der Waals surface area contributed by atoms with Crippen molar-refractivity contribution in [3.8, 4) is 16.9 Å². The summed E-state index contributed by atoms with van der Waals surface area (Å²) in [5, 5.41) is 29.5. The number of fused-ring (bicyclic) bond motifs is 2. The second kappa shape index (κ2) is 19.6. The molecule has 6 N–H and O–H groups in total. The Kier molecular flexibility index (Phi) is 14.4. The molecular formula is C49H70N6O6. The van der Waals surface area contributed by atoms with Gasteiger partial charge in [0.1, 0.15) is 11.8 Å². The fourth-order valence-corrected chi connectivity index (χ4v) is 11.1. The number of methoxy groups -OCH3 is 1. The van der Waals surface area contributed by atoms with Crippen LogP contribution in [0.25, 0.3) is 11.1 Å². The third kappa shape index (κ3) is 9.80. The molecule has 9 atom stereocenters. The molecule has 0 aromatic heterocycles. The van der Waals surface area contributed by atoms with E-state index >= 15 is 0 Å². The lowest BCUT2D eigenvalue weighted by Gasteiger charge is -2.62. The Balaban J connectivity index is 1.17. The van der Waals surface area contributed by atoms with Gasteiger partial charge in [-0.15, -0.1) is 0 Å². The van der Waals surface area contributed by atoms with Crippen LogP contribution in [0.15, 0.2) is 66.7 Å². The number of aliphatic hydroxyl groups is 2. The van der Waals surface area contributed by atoms with Gasteiger partial charge >= 0.3 is 0 Å². The van der Waals surface area contributed by atoms with E-state index in [-0.39, 0.29) is 49.0 Å². The molecule has 3 aromatic carbocycles. The molecule has 61 heavy (non-hydrogen) atoms. The summed E-state index contributed by atoms with van der Waals surface area (Å²) >= 11 is 0. The first-order chi connectivity index (χ1) is 29.3. The number of hydroxylamine groups is 2.